The van der Waals surface area contributed by atoms with Crippen LogP contribution in [-0.2, 0) is 16.6 Å². The van der Waals surface area contributed by atoms with E-state index in [0.717, 1.165) is 16.6 Å². The van der Waals surface area contributed by atoms with Crippen molar-refractivity contribution in [2.45, 2.75) is 6.92 Å². The Morgan fingerprint density at radius 3 is 2.67 bits per heavy atom. The second-order valence-corrected chi connectivity index (χ2v) is 5.99. The SMILES string of the molecule is COc1ccc(C=CC(=O)Nc2cccc3c2ccn3C)cc1OC(C)=O. The van der Waals surface area contributed by atoms with E-state index in [1.165, 1.54) is 20.1 Å². The van der Waals surface area contributed by atoms with Crippen LogP contribution in [0.5, 0.6) is 11.5 Å². The lowest BCUT2D eigenvalue weighted by Gasteiger charge is -2.08. The molecule has 6 heteroatoms. The van der Waals surface area contributed by atoms with E-state index in [-0.39, 0.29) is 5.91 Å². The van der Waals surface area contributed by atoms with Gasteiger partial charge in [-0.15, -0.1) is 0 Å². The summed E-state index contributed by atoms with van der Waals surface area (Å²) in [6.07, 6.45) is 5.03. The van der Waals surface area contributed by atoms with E-state index in [1.807, 2.05) is 42.1 Å². The van der Waals surface area contributed by atoms with Crippen LogP contribution in [0.15, 0.2) is 54.7 Å². The number of hydrogen-bond donors (Lipinski definition) is 1. The highest BCUT2D eigenvalue weighted by atomic mass is 16.6. The number of nitrogens with zero attached hydrogens (tertiary/aromatic N) is 1. The number of ether oxygens (including phenoxy) is 2. The molecule has 1 N–H and O–H groups in total. The first kappa shape index (κ1) is 18.3. The number of hydrogen-bond acceptors (Lipinski definition) is 4. The first-order chi connectivity index (χ1) is 13.0. The maximum absolute atomic E-state index is 12.3. The molecule has 6 nitrogen and oxygen atoms in total. The van der Waals surface area contributed by atoms with Crippen LogP contribution in [0.2, 0.25) is 0 Å². The summed E-state index contributed by atoms with van der Waals surface area (Å²) >= 11 is 0. The molecule has 0 atom stereocenters. The molecule has 2 aromatic carbocycles. The monoisotopic (exact) mass is 364 g/mol. The van der Waals surface area contributed by atoms with Gasteiger partial charge in [0.1, 0.15) is 0 Å². The standard InChI is InChI=1S/C21H20N2O4/c1-14(24)27-20-13-15(7-9-19(20)26-3)8-10-21(25)22-17-5-4-6-18-16(17)11-12-23(18)2/h4-13H,1-3H3,(H,22,25). The van der Waals surface area contributed by atoms with Crippen molar-refractivity contribution in [2.24, 2.45) is 7.05 Å². The Kier molecular flexibility index (Phi) is 5.26. The average Bonchev–Trinajstić information content (AvgIpc) is 3.02. The van der Waals surface area contributed by atoms with Gasteiger partial charge in [-0.05, 0) is 42.0 Å². The van der Waals surface area contributed by atoms with Crippen molar-refractivity contribution in [3.8, 4) is 11.5 Å². The number of fused-ring (bicyclic) bond motifs is 1. The largest absolute Gasteiger partial charge is 0.493 e. The van der Waals surface area contributed by atoms with Crippen LogP contribution < -0.4 is 14.8 Å². The fourth-order valence-corrected chi connectivity index (χ4v) is 2.79. The summed E-state index contributed by atoms with van der Waals surface area (Å²) in [6.45, 7) is 1.32. The smallest absolute Gasteiger partial charge is 0.308 e. The summed E-state index contributed by atoms with van der Waals surface area (Å²) in [6, 6.07) is 12.8. The van der Waals surface area contributed by atoms with Crippen LogP contribution in [0.4, 0.5) is 5.69 Å². The predicted octanol–water partition coefficient (Wildman–Crippen LogP) is 3.76. The maximum atomic E-state index is 12.3. The Morgan fingerprint density at radius 1 is 1.11 bits per heavy atom. The third kappa shape index (κ3) is 4.17. The second kappa shape index (κ2) is 7.78. The number of amides is 1. The molecule has 0 saturated heterocycles. The van der Waals surface area contributed by atoms with Gasteiger partial charge in [0, 0.05) is 37.1 Å². The molecule has 0 spiro atoms. The Bertz CT molecular complexity index is 1030. The van der Waals surface area contributed by atoms with E-state index in [2.05, 4.69) is 5.32 Å². The third-order valence-electron chi connectivity index (χ3n) is 4.05. The van der Waals surface area contributed by atoms with Gasteiger partial charge in [0.25, 0.3) is 0 Å². The minimum absolute atomic E-state index is 0.254. The Labute approximate surface area is 157 Å². The summed E-state index contributed by atoms with van der Waals surface area (Å²) in [4.78, 5) is 23.5. The topological polar surface area (TPSA) is 69.6 Å². The molecule has 138 valence electrons. The van der Waals surface area contributed by atoms with E-state index in [1.54, 1.807) is 24.3 Å². The number of carbonyl (C=O) groups excluding carboxylic acids is 2. The van der Waals surface area contributed by atoms with E-state index < -0.39 is 5.97 Å². The molecule has 3 rings (SSSR count). The Morgan fingerprint density at radius 2 is 1.93 bits per heavy atom. The van der Waals surface area contributed by atoms with E-state index in [9.17, 15) is 9.59 Å². The first-order valence-corrected chi connectivity index (χ1v) is 8.37. The van der Waals surface area contributed by atoms with Gasteiger partial charge in [-0.2, -0.15) is 0 Å². The first-order valence-electron chi connectivity index (χ1n) is 8.37. The molecule has 0 saturated carbocycles. The molecule has 3 aromatic rings. The number of nitrogens with one attached hydrogen (secondary N) is 1. The molecule has 0 aliphatic carbocycles. The Hall–Kier alpha value is -3.54. The summed E-state index contributed by atoms with van der Waals surface area (Å²) in [5, 5.41) is 3.86. The maximum Gasteiger partial charge on any atom is 0.308 e. The van der Waals surface area contributed by atoms with Gasteiger partial charge in [-0.1, -0.05) is 12.1 Å². The lowest BCUT2D eigenvalue weighted by atomic mass is 10.2. The van der Waals surface area contributed by atoms with Gasteiger partial charge in [0.05, 0.1) is 12.8 Å². The van der Waals surface area contributed by atoms with E-state index in [0.29, 0.717) is 17.1 Å². The molecular weight excluding hydrogens is 344 g/mol. The predicted molar refractivity (Wildman–Crippen MR) is 105 cm³/mol. The van der Waals surface area contributed by atoms with Crippen LogP contribution in [0.3, 0.4) is 0 Å². The number of carbonyl (C=O) groups is 2. The fraction of sp³-hybridized carbons (Fsp3) is 0.143. The van der Waals surface area contributed by atoms with Crippen LogP contribution in [-0.4, -0.2) is 23.6 Å². The van der Waals surface area contributed by atoms with Crippen molar-refractivity contribution in [3.63, 3.8) is 0 Å². The molecule has 0 unspecified atom stereocenters. The van der Waals surface area contributed by atoms with Crippen LogP contribution in [0, 0.1) is 0 Å². The lowest BCUT2D eigenvalue weighted by molar-refractivity contribution is -0.132. The number of esters is 1. The number of methoxy groups -OCH3 is 1. The highest BCUT2D eigenvalue weighted by Crippen LogP contribution is 2.29. The van der Waals surface area contributed by atoms with Crippen molar-refractivity contribution in [1.82, 2.24) is 4.57 Å². The highest BCUT2D eigenvalue weighted by Gasteiger charge is 2.08. The molecule has 27 heavy (non-hydrogen) atoms. The zero-order valence-electron chi connectivity index (χ0n) is 15.4. The number of aromatic nitrogens is 1. The van der Waals surface area contributed by atoms with Crippen molar-refractivity contribution in [2.75, 3.05) is 12.4 Å². The highest BCUT2D eigenvalue weighted by molar-refractivity contribution is 6.07. The quantitative estimate of drug-likeness (QED) is 0.425. The van der Waals surface area contributed by atoms with Crippen molar-refractivity contribution in [3.05, 3.63) is 60.3 Å². The van der Waals surface area contributed by atoms with Gasteiger partial charge < -0.3 is 19.4 Å². The minimum atomic E-state index is -0.442. The second-order valence-electron chi connectivity index (χ2n) is 5.99. The minimum Gasteiger partial charge on any atom is -0.493 e. The van der Waals surface area contributed by atoms with Gasteiger partial charge in [0.2, 0.25) is 5.91 Å². The molecule has 1 aromatic heterocycles. The van der Waals surface area contributed by atoms with E-state index >= 15 is 0 Å². The molecule has 0 aliphatic heterocycles. The summed E-state index contributed by atoms with van der Waals surface area (Å²) in [7, 11) is 3.45. The van der Waals surface area contributed by atoms with Gasteiger partial charge in [-0.3, -0.25) is 9.59 Å². The number of rotatable bonds is 5. The molecule has 0 aliphatic rings. The molecule has 1 amide bonds. The van der Waals surface area contributed by atoms with Crippen LogP contribution in [0.25, 0.3) is 17.0 Å². The van der Waals surface area contributed by atoms with Crippen LogP contribution >= 0.6 is 0 Å². The van der Waals surface area contributed by atoms with Gasteiger partial charge in [0.15, 0.2) is 11.5 Å². The molecule has 1 heterocycles. The van der Waals surface area contributed by atoms with Crippen molar-refractivity contribution in [1.29, 1.82) is 0 Å². The number of anilines is 1. The van der Waals surface area contributed by atoms with Gasteiger partial charge in [-0.25, -0.2) is 0 Å². The third-order valence-corrected chi connectivity index (χ3v) is 4.05. The van der Waals surface area contributed by atoms with Crippen molar-refractivity contribution < 1.29 is 19.1 Å². The molecular formula is C21H20N2O4. The fourth-order valence-electron chi connectivity index (χ4n) is 2.79. The summed E-state index contributed by atoms with van der Waals surface area (Å²) in [5.41, 5.74) is 2.50. The van der Waals surface area contributed by atoms with Crippen LogP contribution in [0.1, 0.15) is 12.5 Å². The number of benzene rings is 2. The zero-order chi connectivity index (χ0) is 19.4. The summed E-state index contributed by atoms with van der Waals surface area (Å²) < 4.78 is 12.3. The average molecular weight is 364 g/mol. The van der Waals surface area contributed by atoms with Crippen molar-refractivity contribution >= 4 is 34.5 Å². The summed E-state index contributed by atoms with van der Waals surface area (Å²) in [5.74, 6) is 0.0588. The van der Waals surface area contributed by atoms with Gasteiger partial charge >= 0.3 is 5.97 Å². The lowest BCUT2D eigenvalue weighted by Crippen LogP contribution is -2.08. The normalized spacial score (nSPS) is 10.9. The molecule has 0 bridgehead atoms. The zero-order valence-corrected chi connectivity index (χ0v) is 15.4. The number of aryl methyl sites for hydroxylation is 1. The van der Waals surface area contributed by atoms with E-state index in [4.69, 9.17) is 9.47 Å². The Balaban J connectivity index is 1.77. The molecule has 0 fully saturated rings. The molecule has 0 radical (unpaired) electrons.